The predicted molar refractivity (Wildman–Crippen MR) is 104 cm³/mol. The van der Waals surface area contributed by atoms with E-state index in [0.29, 0.717) is 29.3 Å². The lowest BCUT2D eigenvalue weighted by molar-refractivity contribution is -0.274. The van der Waals surface area contributed by atoms with E-state index in [1.165, 1.54) is 24.3 Å². The molecule has 0 bridgehead atoms. The van der Waals surface area contributed by atoms with Gasteiger partial charge in [0.15, 0.2) is 0 Å². The molecule has 1 heterocycles. The Bertz CT molecular complexity index is 1260. The normalized spacial score (nSPS) is 15.6. The van der Waals surface area contributed by atoms with Crippen molar-refractivity contribution in [1.82, 2.24) is 4.57 Å². The van der Waals surface area contributed by atoms with Crippen molar-refractivity contribution in [3.05, 3.63) is 75.6 Å². The molecule has 1 aliphatic rings. The fourth-order valence-electron chi connectivity index (χ4n) is 4.03. The van der Waals surface area contributed by atoms with Crippen LogP contribution in [0.2, 0.25) is 0 Å². The summed E-state index contributed by atoms with van der Waals surface area (Å²) in [6, 6.07) is 11.8. The average molecular weight is 431 g/mol. The van der Waals surface area contributed by atoms with Crippen LogP contribution in [0, 0.1) is 5.92 Å². The number of hydrogen-bond donors (Lipinski definition) is 1. The van der Waals surface area contributed by atoms with E-state index < -0.39 is 29.4 Å². The van der Waals surface area contributed by atoms with Gasteiger partial charge in [0.05, 0.1) is 5.52 Å². The molecule has 9 heteroatoms. The zero-order valence-electron chi connectivity index (χ0n) is 16.0. The van der Waals surface area contributed by atoms with Gasteiger partial charge in [0, 0.05) is 6.42 Å². The van der Waals surface area contributed by atoms with Crippen LogP contribution in [0.3, 0.4) is 0 Å². The van der Waals surface area contributed by atoms with Crippen LogP contribution in [0.1, 0.15) is 32.7 Å². The van der Waals surface area contributed by atoms with Crippen LogP contribution in [0.4, 0.5) is 13.2 Å². The van der Waals surface area contributed by atoms with Crippen molar-refractivity contribution in [3.63, 3.8) is 0 Å². The molecule has 1 N–H and O–H groups in total. The number of carboxylic acids is 1. The molecule has 0 aliphatic heterocycles. The van der Waals surface area contributed by atoms with E-state index in [0.717, 1.165) is 10.1 Å². The molecule has 31 heavy (non-hydrogen) atoms. The summed E-state index contributed by atoms with van der Waals surface area (Å²) in [5.41, 5.74) is 0.349. The highest BCUT2D eigenvalue weighted by Crippen LogP contribution is 2.33. The number of aromatic carboxylic acids is 1. The van der Waals surface area contributed by atoms with Crippen molar-refractivity contribution in [2.75, 3.05) is 0 Å². The second-order valence-electron chi connectivity index (χ2n) is 7.41. The number of halogens is 3. The van der Waals surface area contributed by atoms with Gasteiger partial charge in [-0.3, -0.25) is 9.59 Å². The summed E-state index contributed by atoms with van der Waals surface area (Å²) in [6.45, 7) is 0. The zero-order valence-corrected chi connectivity index (χ0v) is 16.0. The summed E-state index contributed by atoms with van der Waals surface area (Å²) in [5, 5.41) is 9.77. The molecular formula is C22H16F3NO5. The van der Waals surface area contributed by atoms with Crippen LogP contribution >= 0.6 is 0 Å². The molecule has 1 atom stereocenters. The molecule has 1 aliphatic carbocycles. The number of hydrogen-bond acceptors (Lipinski definition) is 4. The van der Waals surface area contributed by atoms with E-state index in [1.54, 1.807) is 24.3 Å². The minimum absolute atomic E-state index is 0.0584. The SMILES string of the molecule is O=C(O)c1cc2ccccc2n(C(=O)CC2Cc3ccc(OC(F)(F)F)cc3C2)c1=O. The van der Waals surface area contributed by atoms with Gasteiger partial charge in [-0.05, 0) is 59.5 Å². The monoisotopic (exact) mass is 431 g/mol. The topological polar surface area (TPSA) is 85.6 Å². The highest BCUT2D eigenvalue weighted by atomic mass is 19.4. The number of carboxylic acid groups (broad SMARTS) is 1. The van der Waals surface area contributed by atoms with Crippen molar-refractivity contribution in [3.8, 4) is 5.75 Å². The number of aromatic nitrogens is 1. The minimum Gasteiger partial charge on any atom is -0.477 e. The summed E-state index contributed by atoms with van der Waals surface area (Å²) in [4.78, 5) is 37.1. The molecular weight excluding hydrogens is 415 g/mol. The molecule has 0 radical (unpaired) electrons. The fraction of sp³-hybridized carbons (Fsp3) is 0.227. The van der Waals surface area contributed by atoms with E-state index in [4.69, 9.17) is 0 Å². The second-order valence-corrected chi connectivity index (χ2v) is 7.41. The van der Waals surface area contributed by atoms with Crippen LogP contribution in [0.5, 0.6) is 5.75 Å². The number of pyridine rings is 1. The first-order valence-corrected chi connectivity index (χ1v) is 9.41. The fourth-order valence-corrected chi connectivity index (χ4v) is 4.03. The average Bonchev–Trinajstić information content (AvgIpc) is 3.07. The van der Waals surface area contributed by atoms with Crippen LogP contribution in [0.15, 0.2) is 53.3 Å². The van der Waals surface area contributed by atoms with Gasteiger partial charge in [-0.15, -0.1) is 13.2 Å². The Hall–Kier alpha value is -3.62. The quantitative estimate of drug-likeness (QED) is 0.674. The second kappa shape index (κ2) is 7.57. The van der Waals surface area contributed by atoms with Crippen molar-refractivity contribution in [2.45, 2.75) is 25.6 Å². The van der Waals surface area contributed by atoms with E-state index >= 15 is 0 Å². The van der Waals surface area contributed by atoms with E-state index in [1.807, 2.05) is 0 Å². The molecule has 4 rings (SSSR count). The van der Waals surface area contributed by atoms with Gasteiger partial charge in [0.2, 0.25) is 5.91 Å². The van der Waals surface area contributed by atoms with E-state index in [2.05, 4.69) is 4.74 Å². The first-order valence-electron chi connectivity index (χ1n) is 9.41. The van der Waals surface area contributed by atoms with Crippen molar-refractivity contribution in [1.29, 1.82) is 0 Å². The van der Waals surface area contributed by atoms with Crippen molar-refractivity contribution < 1.29 is 32.6 Å². The maximum atomic E-state index is 13.0. The number of nitrogens with zero attached hydrogens (tertiary/aromatic N) is 1. The maximum absolute atomic E-state index is 13.0. The number of ether oxygens (including phenoxy) is 1. The molecule has 2 aromatic carbocycles. The van der Waals surface area contributed by atoms with Gasteiger partial charge in [-0.25, -0.2) is 9.36 Å². The lowest BCUT2D eigenvalue weighted by Crippen LogP contribution is -2.32. The van der Waals surface area contributed by atoms with Crippen molar-refractivity contribution >= 4 is 22.8 Å². The van der Waals surface area contributed by atoms with Crippen LogP contribution < -0.4 is 10.3 Å². The van der Waals surface area contributed by atoms with Crippen LogP contribution in [-0.4, -0.2) is 27.9 Å². The predicted octanol–water partition coefficient (Wildman–Crippen LogP) is 4.04. The van der Waals surface area contributed by atoms with Crippen molar-refractivity contribution in [2.24, 2.45) is 5.92 Å². The Morgan fingerprint density at radius 2 is 1.77 bits per heavy atom. The molecule has 0 saturated carbocycles. The number of para-hydroxylation sites is 1. The molecule has 160 valence electrons. The highest BCUT2D eigenvalue weighted by Gasteiger charge is 2.32. The number of rotatable bonds is 4. The number of benzene rings is 2. The third-order valence-corrected chi connectivity index (χ3v) is 5.28. The largest absolute Gasteiger partial charge is 0.573 e. The molecule has 0 amide bonds. The Kier molecular flexibility index (Phi) is 5.04. The smallest absolute Gasteiger partial charge is 0.477 e. The first kappa shape index (κ1) is 20.6. The first-order chi connectivity index (χ1) is 14.6. The summed E-state index contributed by atoms with van der Waals surface area (Å²) in [6.07, 6.45) is -4.04. The molecule has 0 saturated heterocycles. The number of alkyl halides is 3. The van der Waals surface area contributed by atoms with Crippen LogP contribution in [0.25, 0.3) is 10.9 Å². The molecule has 0 fully saturated rings. The summed E-state index contributed by atoms with van der Waals surface area (Å²) in [7, 11) is 0. The Morgan fingerprint density at radius 1 is 1.06 bits per heavy atom. The number of carbonyl (C=O) groups is 2. The lowest BCUT2D eigenvalue weighted by Gasteiger charge is -2.13. The maximum Gasteiger partial charge on any atom is 0.573 e. The molecule has 1 unspecified atom stereocenters. The highest BCUT2D eigenvalue weighted by molar-refractivity contribution is 5.97. The molecule has 6 nitrogen and oxygen atoms in total. The van der Waals surface area contributed by atoms with Crippen LogP contribution in [-0.2, 0) is 12.8 Å². The summed E-state index contributed by atoms with van der Waals surface area (Å²) in [5.74, 6) is -2.55. The Labute approximate surface area is 173 Å². The lowest BCUT2D eigenvalue weighted by atomic mass is 10.0. The Morgan fingerprint density at radius 3 is 2.48 bits per heavy atom. The van der Waals surface area contributed by atoms with Gasteiger partial charge in [-0.2, -0.15) is 0 Å². The summed E-state index contributed by atoms with van der Waals surface area (Å²) < 4.78 is 42.1. The molecule has 3 aromatic rings. The van der Waals surface area contributed by atoms with E-state index in [9.17, 15) is 32.7 Å². The molecule has 0 spiro atoms. The van der Waals surface area contributed by atoms with Gasteiger partial charge in [-0.1, -0.05) is 24.3 Å². The summed E-state index contributed by atoms with van der Waals surface area (Å²) >= 11 is 0. The zero-order chi connectivity index (χ0) is 22.3. The number of carbonyl (C=O) groups excluding carboxylic acids is 1. The standard InChI is InChI=1S/C22H16F3NO5/c23-22(24,25)31-16-6-5-13-7-12(8-15(13)10-16)9-19(27)26-18-4-2-1-3-14(18)11-17(20(26)28)21(29)30/h1-6,10-12H,7-9H2,(H,29,30). The molecule has 1 aromatic heterocycles. The van der Waals surface area contributed by atoms with Gasteiger partial charge in [0.25, 0.3) is 5.56 Å². The van der Waals surface area contributed by atoms with Gasteiger partial charge in [0.1, 0.15) is 11.3 Å². The third-order valence-electron chi connectivity index (χ3n) is 5.28. The minimum atomic E-state index is -4.79. The third kappa shape index (κ3) is 4.16. The van der Waals surface area contributed by atoms with Gasteiger partial charge < -0.3 is 9.84 Å². The van der Waals surface area contributed by atoms with E-state index in [-0.39, 0.29) is 18.1 Å². The van der Waals surface area contributed by atoms with Gasteiger partial charge >= 0.3 is 12.3 Å². The number of fused-ring (bicyclic) bond motifs is 2. The Balaban J connectivity index is 1.61.